The van der Waals surface area contributed by atoms with Crippen LogP contribution in [0.25, 0.3) is 0 Å². The third-order valence-electron chi connectivity index (χ3n) is 4.42. The minimum absolute atomic E-state index is 0.0395. The molecule has 2 aromatic rings. The van der Waals surface area contributed by atoms with Crippen LogP contribution in [-0.4, -0.2) is 55.8 Å². The Kier molecular flexibility index (Phi) is 7.83. The van der Waals surface area contributed by atoms with Crippen LogP contribution in [-0.2, 0) is 24.3 Å². The molecule has 1 aliphatic heterocycles. The monoisotopic (exact) mass is 461 g/mol. The highest BCUT2D eigenvalue weighted by Crippen LogP contribution is 2.31. The number of hydrogen-bond acceptors (Lipinski definition) is 6. The summed E-state index contributed by atoms with van der Waals surface area (Å²) < 4.78 is 34.3. The smallest absolute Gasteiger partial charge is 0.284 e. The maximum absolute atomic E-state index is 12.9. The van der Waals surface area contributed by atoms with Crippen molar-refractivity contribution in [1.82, 2.24) is 4.90 Å². The highest BCUT2D eigenvalue weighted by molar-refractivity contribution is 8.16. The SMILES string of the molecule is COCCCN1C(=O)C(CC(=O)Nc2ccccc2)S/C1=N/S(=O)(=O)c1ccccc1. The van der Waals surface area contributed by atoms with Gasteiger partial charge < -0.3 is 10.1 Å². The minimum atomic E-state index is -3.99. The number of thioether (sulfide) groups is 1. The molecule has 10 heteroatoms. The Labute approximate surface area is 185 Å². The van der Waals surface area contributed by atoms with Gasteiger partial charge >= 0.3 is 0 Å². The van der Waals surface area contributed by atoms with E-state index >= 15 is 0 Å². The van der Waals surface area contributed by atoms with Gasteiger partial charge in [0.25, 0.3) is 10.0 Å². The normalized spacial score (nSPS) is 17.8. The lowest BCUT2D eigenvalue weighted by molar-refractivity contribution is -0.128. The van der Waals surface area contributed by atoms with E-state index in [-0.39, 0.29) is 34.8 Å². The fraction of sp³-hybridized carbons (Fsp3) is 0.286. The van der Waals surface area contributed by atoms with Crippen molar-refractivity contribution >= 4 is 44.5 Å². The van der Waals surface area contributed by atoms with Crippen molar-refractivity contribution < 1.29 is 22.7 Å². The number of anilines is 1. The Balaban J connectivity index is 1.78. The second-order valence-corrected chi connectivity index (χ2v) is 9.50. The number of nitrogens with one attached hydrogen (secondary N) is 1. The van der Waals surface area contributed by atoms with Gasteiger partial charge in [-0.25, -0.2) is 0 Å². The third-order valence-corrected chi connectivity index (χ3v) is 6.99. The van der Waals surface area contributed by atoms with Gasteiger partial charge in [0, 0.05) is 32.4 Å². The van der Waals surface area contributed by atoms with Crippen LogP contribution in [0.5, 0.6) is 0 Å². The van der Waals surface area contributed by atoms with E-state index in [0.29, 0.717) is 18.7 Å². The van der Waals surface area contributed by atoms with Crippen molar-refractivity contribution in [2.24, 2.45) is 4.40 Å². The number of sulfonamides is 1. The van der Waals surface area contributed by atoms with Gasteiger partial charge in [-0.15, -0.1) is 4.40 Å². The Morgan fingerprint density at radius 2 is 1.77 bits per heavy atom. The van der Waals surface area contributed by atoms with Crippen molar-refractivity contribution in [3.63, 3.8) is 0 Å². The fourth-order valence-electron chi connectivity index (χ4n) is 2.93. The number of carbonyl (C=O) groups is 2. The summed E-state index contributed by atoms with van der Waals surface area (Å²) in [4.78, 5) is 26.7. The highest BCUT2D eigenvalue weighted by Gasteiger charge is 2.40. The molecule has 2 aromatic carbocycles. The number of nitrogens with zero attached hydrogens (tertiary/aromatic N) is 2. The van der Waals surface area contributed by atoms with E-state index in [9.17, 15) is 18.0 Å². The van der Waals surface area contributed by atoms with Gasteiger partial charge in [-0.05, 0) is 30.7 Å². The van der Waals surface area contributed by atoms with Crippen molar-refractivity contribution in [1.29, 1.82) is 0 Å². The lowest BCUT2D eigenvalue weighted by Gasteiger charge is -2.16. The van der Waals surface area contributed by atoms with E-state index in [1.54, 1.807) is 49.6 Å². The Hall–Kier alpha value is -2.69. The molecular formula is C21H23N3O5S2. The molecule has 31 heavy (non-hydrogen) atoms. The van der Waals surface area contributed by atoms with Crippen LogP contribution in [0.15, 0.2) is 70.0 Å². The van der Waals surface area contributed by atoms with E-state index in [1.165, 1.54) is 17.0 Å². The lowest BCUT2D eigenvalue weighted by atomic mass is 10.2. The Morgan fingerprint density at radius 3 is 2.42 bits per heavy atom. The zero-order valence-electron chi connectivity index (χ0n) is 16.9. The van der Waals surface area contributed by atoms with Gasteiger partial charge in [-0.3, -0.25) is 14.5 Å². The number of ether oxygens (including phenoxy) is 1. The maximum Gasteiger partial charge on any atom is 0.284 e. The molecule has 0 spiro atoms. The molecule has 3 rings (SSSR count). The molecule has 0 bridgehead atoms. The van der Waals surface area contributed by atoms with Gasteiger partial charge in [0.15, 0.2) is 5.17 Å². The van der Waals surface area contributed by atoms with Crippen molar-refractivity contribution in [3.05, 3.63) is 60.7 Å². The number of benzene rings is 2. The average molecular weight is 462 g/mol. The van der Waals surface area contributed by atoms with Crippen molar-refractivity contribution in [2.45, 2.75) is 23.0 Å². The number of carbonyl (C=O) groups excluding carboxylic acids is 2. The van der Waals surface area contributed by atoms with Crippen LogP contribution in [0.1, 0.15) is 12.8 Å². The maximum atomic E-state index is 12.9. The molecule has 2 amide bonds. The fourth-order valence-corrected chi connectivity index (χ4v) is 5.33. The molecule has 1 unspecified atom stereocenters. The molecule has 8 nitrogen and oxygen atoms in total. The third kappa shape index (κ3) is 6.16. The largest absolute Gasteiger partial charge is 0.385 e. The predicted octanol–water partition coefficient (Wildman–Crippen LogP) is 2.74. The second-order valence-electron chi connectivity index (χ2n) is 6.72. The Morgan fingerprint density at radius 1 is 1.13 bits per heavy atom. The van der Waals surface area contributed by atoms with E-state index < -0.39 is 15.3 Å². The van der Waals surface area contributed by atoms with Crippen LogP contribution in [0.4, 0.5) is 5.69 Å². The topological polar surface area (TPSA) is 105 Å². The summed E-state index contributed by atoms with van der Waals surface area (Å²) in [5.74, 6) is -0.674. The lowest BCUT2D eigenvalue weighted by Crippen LogP contribution is -2.35. The first-order valence-electron chi connectivity index (χ1n) is 9.62. The molecule has 0 radical (unpaired) electrons. The molecule has 0 aliphatic carbocycles. The van der Waals surface area contributed by atoms with Gasteiger partial charge in [-0.1, -0.05) is 48.2 Å². The molecule has 1 fully saturated rings. The zero-order chi connectivity index (χ0) is 22.3. The summed E-state index contributed by atoms with van der Waals surface area (Å²) in [6, 6.07) is 16.7. The van der Waals surface area contributed by atoms with Gasteiger partial charge in [-0.2, -0.15) is 8.42 Å². The zero-order valence-corrected chi connectivity index (χ0v) is 18.6. The highest BCUT2D eigenvalue weighted by atomic mass is 32.2. The Bertz CT molecular complexity index is 1040. The summed E-state index contributed by atoms with van der Waals surface area (Å²) in [6.07, 6.45) is 0.416. The number of hydrogen-bond donors (Lipinski definition) is 1. The molecule has 1 saturated heterocycles. The van der Waals surface area contributed by atoms with E-state index in [2.05, 4.69) is 9.71 Å². The molecule has 1 atom stereocenters. The van der Waals surface area contributed by atoms with Crippen molar-refractivity contribution in [3.8, 4) is 0 Å². The first kappa shape index (κ1) is 23.0. The first-order chi connectivity index (χ1) is 14.9. The van der Waals surface area contributed by atoms with Crippen LogP contribution < -0.4 is 5.32 Å². The van der Waals surface area contributed by atoms with E-state index in [1.807, 2.05) is 6.07 Å². The van der Waals surface area contributed by atoms with E-state index in [0.717, 1.165) is 11.8 Å². The number of amides is 2. The van der Waals surface area contributed by atoms with Gasteiger partial charge in [0.05, 0.1) is 4.90 Å². The summed E-state index contributed by atoms with van der Waals surface area (Å²) in [7, 11) is -2.44. The van der Waals surface area contributed by atoms with Crippen molar-refractivity contribution in [2.75, 3.05) is 25.6 Å². The summed E-state index contributed by atoms with van der Waals surface area (Å²) >= 11 is 0.991. The minimum Gasteiger partial charge on any atom is -0.385 e. The van der Waals surface area contributed by atoms with Crippen LogP contribution in [0.3, 0.4) is 0 Å². The summed E-state index contributed by atoms with van der Waals surface area (Å²) in [6.45, 7) is 0.659. The second kappa shape index (κ2) is 10.6. The van der Waals surface area contributed by atoms with Crippen LogP contribution >= 0.6 is 11.8 Å². The van der Waals surface area contributed by atoms with Crippen LogP contribution in [0, 0.1) is 0 Å². The first-order valence-corrected chi connectivity index (χ1v) is 11.9. The van der Waals surface area contributed by atoms with Gasteiger partial charge in [0.2, 0.25) is 11.8 Å². The van der Waals surface area contributed by atoms with E-state index in [4.69, 9.17) is 4.74 Å². The van der Waals surface area contributed by atoms with Gasteiger partial charge in [0.1, 0.15) is 5.25 Å². The molecule has 1 N–H and O–H groups in total. The summed E-state index contributed by atoms with van der Waals surface area (Å²) in [5.41, 5.74) is 0.625. The number of rotatable bonds is 9. The van der Waals surface area contributed by atoms with Crippen LogP contribution in [0.2, 0.25) is 0 Å². The number of methoxy groups -OCH3 is 1. The average Bonchev–Trinajstić information content (AvgIpc) is 3.03. The quantitative estimate of drug-likeness (QED) is 0.576. The standard InChI is InChI=1S/C21H23N3O5S2/c1-29-14-8-13-24-20(26)18(15-19(25)22-16-9-4-2-5-10-16)30-21(24)23-31(27,28)17-11-6-3-7-12-17/h2-7,9-12,18H,8,13-15H2,1H3,(H,22,25)/b23-21+. The predicted molar refractivity (Wildman–Crippen MR) is 120 cm³/mol. The molecule has 164 valence electrons. The molecule has 0 aromatic heterocycles. The molecular weight excluding hydrogens is 438 g/mol. The molecule has 1 aliphatic rings. The molecule has 1 heterocycles. The number of amidine groups is 1. The number of para-hydroxylation sites is 1. The molecule has 0 saturated carbocycles. The summed E-state index contributed by atoms with van der Waals surface area (Å²) in [5, 5.41) is 2.06.